The first-order valence-corrected chi connectivity index (χ1v) is 7.32. The number of nitrogens with zero attached hydrogens (tertiary/aromatic N) is 2. The highest BCUT2D eigenvalue weighted by molar-refractivity contribution is 8.15. The Kier molecular flexibility index (Phi) is 4.81. The molecular formula is C14H14N3O4S-. The first kappa shape index (κ1) is 16.0. The van der Waals surface area contributed by atoms with E-state index in [9.17, 15) is 19.5 Å². The standard InChI is InChI=1S/C14H15N3O4S/c1-15-14-17(2)12(19)10(22-14)7-11(18)16-9-5-3-8(4-6-9)13(20)21/h3-6,10H,7H2,1-2H3,(H,16,18)(H,20,21)/p-1/t10-/m0/s1. The fourth-order valence-corrected chi connectivity index (χ4v) is 3.07. The topological polar surface area (TPSA) is 102 Å². The Labute approximate surface area is 131 Å². The van der Waals surface area contributed by atoms with Crippen molar-refractivity contribution in [1.82, 2.24) is 4.90 Å². The quantitative estimate of drug-likeness (QED) is 0.837. The number of hydrogen-bond donors (Lipinski definition) is 1. The summed E-state index contributed by atoms with van der Waals surface area (Å²) in [6.07, 6.45) is 0.0229. The zero-order chi connectivity index (χ0) is 16.3. The normalized spacial score (nSPS) is 19.5. The van der Waals surface area contributed by atoms with Crippen LogP contribution in [0, 0.1) is 0 Å². The van der Waals surface area contributed by atoms with E-state index in [1.54, 1.807) is 14.1 Å². The molecular weight excluding hydrogens is 306 g/mol. The van der Waals surface area contributed by atoms with Crippen molar-refractivity contribution in [2.45, 2.75) is 11.7 Å². The molecule has 1 atom stereocenters. The molecule has 1 aromatic carbocycles. The molecule has 1 aromatic rings. The number of aliphatic imine (C=N–C) groups is 1. The number of carboxylic acids is 1. The van der Waals surface area contributed by atoms with E-state index in [0.717, 1.165) is 0 Å². The third kappa shape index (κ3) is 3.45. The molecule has 1 N–H and O–H groups in total. The summed E-state index contributed by atoms with van der Waals surface area (Å²) in [5.74, 6) is -1.76. The Morgan fingerprint density at radius 2 is 2.00 bits per heavy atom. The monoisotopic (exact) mass is 320 g/mol. The number of aromatic carboxylic acids is 1. The number of amides is 2. The third-order valence-electron chi connectivity index (χ3n) is 3.11. The number of carbonyl (C=O) groups is 3. The van der Waals surface area contributed by atoms with Gasteiger partial charge in [-0.1, -0.05) is 23.9 Å². The van der Waals surface area contributed by atoms with Crippen LogP contribution in [0.25, 0.3) is 0 Å². The van der Waals surface area contributed by atoms with E-state index in [2.05, 4.69) is 10.3 Å². The number of hydrogen-bond acceptors (Lipinski definition) is 6. The van der Waals surface area contributed by atoms with Crippen molar-refractivity contribution in [3.05, 3.63) is 29.8 Å². The van der Waals surface area contributed by atoms with Crippen molar-refractivity contribution in [2.24, 2.45) is 4.99 Å². The van der Waals surface area contributed by atoms with Crippen LogP contribution in [-0.4, -0.2) is 47.2 Å². The van der Waals surface area contributed by atoms with Gasteiger partial charge < -0.3 is 15.2 Å². The Bertz CT molecular complexity index is 642. The fraction of sp³-hybridized carbons (Fsp3) is 0.286. The number of nitrogens with one attached hydrogen (secondary N) is 1. The van der Waals surface area contributed by atoms with Crippen LogP contribution in [0.4, 0.5) is 5.69 Å². The number of rotatable bonds is 4. The zero-order valence-corrected chi connectivity index (χ0v) is 12.8. The average molecular weight is 320 g/mol. The Morgan fingerprint density at radius 1 is 1.36 bits per heavy atom. The van der Waals surface area contributed by atoms with Gasteiger partial charge >= 0.3 is 0 Å². The summed E-state index contributed by atoms with van der Waals surface area (Å²) in [5.41, 5.74) is 0.494. The number of carboxylic acid groups (broad SMARTS) is 1. The molecule has 1 fully saturated rings. The molecule has 7 nitrogen and oxygen atoms in total. The average Bonchev–Trinajstić information content (AvgIpc) is 2.75. The van der Waals surface area contributed by atoms with Crippen molar-refractivity contribution in [1.29, 1.82) is 0 Å². The molecule has 0 unspecified atom stereocenters. The van der Waals surface area contributed by atoms with Crippen molar-refractivity contribution in [3.63, 3.8) is 0 Å². The maximum Gasteiger partial charge on any atom is 0.242 e. The lowest BCUT2D eigenvalue weighted by Gasteiger charge is -2.09. The minimum absolute atomic E-state index is 0.0229. The molecule has 2 rings (SSSR count). The van der Waals surface area contributed by atoms with Crippen molar-refractivity contribution >= 4 is 40.4 Å². The first-order chi connectivity index (χ1) is 10.4. The highest BCUT2D eigenvalue weighted by Gasteiger charge is 2.36. The summed E-state index contributed by atoms with van der Waals surface area (Å²) in [6.45, 7) is 0. The van der Waals surface area contributed by atoms with E-state index < -0.39 is 11.2 Å². The van der Waals surface area contributed by atoms with Crippen molar-refractivity contribution < 1.29 is 19.5 Å². The molecule has 116 valence electrons. The van der Waals surface area contributed by atoms with Gasteiger partial charge in [0.25, 0.3) is 0 Å². The molecule has 0 radical (unpaired) electrons. The highest BCUT2D eigenvalue weighted by atomic mass is 32.2. The third-order valence-corrected chi connectivity index (χ3v) is 4.43. The Hall–Kier alpha value is -2.35. The second-order valence-electron chi connectivity index (χ2n) is 4.63. The summed E-state index contributed by atoms with van der Waals surface area (Å²) in [7, 11) is 3.21. The van der Waals surface area contributed by atoms with Gasteiger partial charge in [0, 0.05) is 26.2 Å². The highest BCUT2D eigenvalue weighted by Crippen LogP contribution is 2.28. The first-order valence-electron chi connectivity index (χ1n) is 6.44. The van der Waals surface area contributed by atoms with Crippen LogP contribution >= 0.6 is 11.8 Å². The molecule has 1 heterocycles. The molecule has 8 heteroatoms. The summed E-state index contributed by atoms with van der Waals surface area (Å²) < 4.78 is 0. The van der Waals surface area contributed by atoms with E-state index in [1.165, 1.54) is 40.9 Å². The molecule has 2 amide bonds. The number of benzene rings is 1. The van der Waals surface area contributed by atoms with Crippen molar-refractivity contribution in [2.75, 3.05) is 19.4 Å². The van der Waals surface area contributed by atoms with Crippen LogP contribution in [0.1, 0.15) is 16.8 Å². The smallest absolute Gasteiger partial charge is 0.242 e. The van der Waals surface area contributed by atoms with Crippen LogP contribution in [-0.2, 0) is 9.59 Å². The summed E-state index contributed by atoms with van der Waals surface area (Å²) in [5, 5.41) is 13.4. The minimum Gasteiger partial charge on any atom is -0.545 e. The molecule has 0 spiro atoms. The van der Waals surface area contributed by atoms with E-state index in [0.29, 0.717) is 10.9 Å². The van der Waals surface area contributed by atoms with Crippen LogP contribution in [0.2, 0.25) is 0 Å². The summed E-state index contributed by atoms with van der Waals surface area (Å²) in [6, 6.07) is 5.63. The second kappa shape index (κ2) is 6.61. The van der Waals surface area contributed by atoms with Crippen LogP contribution in [0.3, 0.4) is 0 Å². The van der Waals surface area contributed by atoms with Crippen molar-refractivity contribution in [3.8, 4) is 0 Å². The van der Waals surface area contributed by atoms with Gasteiger partial charge in [0.05, 0.1) is 5.97 Å². The number of thioether (sulfide) groups is 1. The van der Waals surface area contributed by atoms with E-state index in [1.807, 2.05) is 0 Å². The molecule has 0 bridgehead atoms. The Balaban J connectivity index is 1.96. The number of carbonyl (C=O) groups excluding carboxylic acids is 3. The second-order valence-corrected chi connectivity index (χ2v) is 5.80. The van der Waals surface area contributed by atoms with Crippen LogP contribution < -0.4 is 10.4 Å². The SMILES string of the molecule is CN=C1S[C@@H](CC(=O)Nc2ccc(C(=O)[O-])cc2)C(=O)N1C. The molecule has 1 aliphatic rings. The zero-order valence-electron chi connectivity index (χ0n) is 12.0. The van der Waals surface area contributed by atoms with Gasteiger partial charge in [-0.25, -0.2) is 0 Å². The Morgan fingerprint density at radius 3 is 2.50 bits per heavy atom. The van der Waals surface area contributed by atoms with Gasteiger partial charge in [0.1, 0.15) is 5.25 Å². The van der Waals surface area contributed by atoms with Gasteiger partial charge in [-0.2, -0.15) is 0 Å². The molecule has 1 aliphatic heterocycles. The maximum atomic E-state index is 12.0. The molecule has 22 heavy (non-hydrogen) atoms. The maximum absolute atomic E-state index is 12.0. The van der Waals surface area contributed by atoms with Gasteiger partial charge in [-0.3, -0.25) is 19.5 Å². The molecule has 0 aromatic heterocycles. The summed E-state index contributed by atoms with van der Waals surface area (Å²) >= 11 is 1.25. The number of amidine groups is 1. The predicted octanol–water partition coefficient (Wildman–Crippen LogP) is -0.0617. The predicted molar refractivity (Wildman–Crippen MR) is 81.5 cm³/mol. The van der Waals surface area contributed by atoms with Crippen LogP contribution in [0.15, 0.2) is 29.3 Å². The summed E-state index contributed by atoms with van der Waals surface area (Å²) in [4.78, 5) is 40.0. The van der Waals surface area contributed by atoms with Gasteiger partial charge in [0.15, 0.2) is 5.17 Å². The van der Waals surface area contributed by atoms with Gasteiger partial charge in [0.2, 0.25) is 11.8 Å². The van der Waals surface area contributed by atoms with E-state index in [-0.39, 0.29) is 23.8 Å². The van der Waals surface area contributed by atoms with Gasteiger partial charge in [-0.15, -0.1) is 0 Å². The lowest BCUT2D eigenvalue weighted by molar-refractivity contribution is -0.255. The largest absolute Gasteiger partial charge is 0.545 e. The molecule has 0 aliphatic carbocycles. The number of anilines is 1. The molecule has 1 saturated heterocycles. The van der Waals surface area contributed by atoms with Gasteiger partial charge in [-0.05, 0) is 17.7 Å². The fourth-order valence-electron chi connectivity index (χ4n) is 1.97. The molecule has 0 saturated carbocycles. The lowest BCUT2D eigenvalue weighted by Crippen LogP contribution is -2.30. The van der Waals surface area contributed by atoms with E-state index >= 15 is 0 Å². The lowest BCUT2D eigenvalue weighted by atomic mass is 10.2. The minimum atomic E-state index is -1.28. The van der Waals surface area contributed by atoms with Crippen LogP contribution in [0.5, 0.6) is 0 Å². The van der Waals surface area contributed by atoms with E-state index in [4.69, 9.17) is 0 Å².